The van der Waals surface area contributed by atoms with E-state index >= 15 is 0 Å². The highest BCUT2D eigenvalue weighted by Gasteiger charge is 2.32. The van der Waals surface area contributed by atoms with Crippen molar-refractivity contribution < 1.29 is 19.8 Å². The first-order valence-corrected chi connectivity index (χ1v) is 6.33. The number of rotatable bonds is 5. The lowest BCUT2D eigenvalue weighted by molar-refractivity contribution is 0.0659. The summed E-state index contributed by atoms with van der Waals surface area (Å²) in [6.07, 6.45) is 4.37. The minimum Gasteiger partial charge on any atom is -0.477 e. The van der Waals surface area contributed by atoms with Crippen LogP contribution in [0, 0.1) is 0 Å². The van der Waals surface area contributed by atoms with E-state index in [4.69, 9.17) is 10.2 Å². The largest absolute Gasteiger partial charge is 0.477 e. The molecule has 1 atom stereocenters. The topological polar surface area (TPSA) is 107 Å². The molecule has 1 aliphatic rings. The van der Waals surface area contributed by atoms with Gasteiger partial charge in [0, 0.05) is 19.2 Å². The van der Waals surface area contributed by atoms with Crippen molar-refractivity contribution in [3.05, 3.63) is 17.7 Å². The van der Waals surface area contributed by atoms with E-state index in [1.165, 1.54) is 6.33 Å². The molecule has 3 N–H and O–H groups in total. The Balaban J connectivity index is 2.14. The summed E-state index contributed by atoms with van der Waals surface area (Å²) in [4.78, 5) is 31.3. The molecule has 104 valence electrons. The number of aliphatic hydroxyl groups is 1. The average Bonchev–Trinajstić information content (AvgIpc) is 3.04. The number of carbonyl (C=O) groups is 2. The molecule has 0 aromatic carbocycles. The number of carboxylic acid groups (broad SMARTS) is 1. The summed E-state index contributed by atoms with van der Waals surface area (Å²) >= 11 is 0. The minimum absolute atomic E-state index is 0.0385. The maximum Gasteiger partial charge on any atom is 0.354 e. The molecule has 0 saturated carbocycles. The second-order valence-corrected chi connectivity index (χ2v) is 4.59. The van der Waals surface area contributed by atoms with Crippen LogP contribution in [0.15, 0.2) is 6.33 Å². The van der Waals surface area contributed by atoms with E-state index in [-0.39, 0.29) is 29.9 Å². The number of carbonyl (C=O) groups excluding carboxylic acids is 1. The third-order valence-electron chi connectivity index (χ3n) is 3.39. The van der Waals surface area contributed by atoms with Gasteiger partial charge in [0.2, 0.25) is 0 Å². The van der Waals surface area contributed by atoms with Crippen molar-refractivity contribution in [1.29, 1.82) is 0 Å². The molecule has 1 fully saturated rings. The molecule has 7 nitrogen and oxygen atoms in total. The Hall–Kier alpha value is -1.89. The number of nitrogens with one attached hydrogen (secondary N) is 1. The molecule has 7 heteroatoms. The zero-order chi connectivity index (χ0) is 13.8. The summed E-state index contributed by atoms with van der Waals surface area (Å²) in [6.45, 7) is 0.710. The van der Waals surface area contributed by atoms with Gasteiger partial charge in [-0.25, -0.2) is 9.78 Å². The SMILES string of the molecule is O=C(O)c1[nH]cnc1C(=O)N1CCCC1CCCO. The Kier molecular flexibility index (Phi) is 4.16. The lowest BCUT2D eigenvalue weighted by Crippen LogP contribution is -2.36. The molecule has 1 aromatic heterocycles. The van der Waals surface area contributed by atoms with Crippen LogP contribution < -0.4 is 0 Å². The molecule has 1 aliphatic heterocycles. The lowest BCUT2D eigenvalue weighted by atomic mass is 10.1. The van der Waals surface area contributed by atoms with Crippen LogP contribution in [-0.4, -0.2) is 56.2 Å². The number of imidazole rings is 1. The van der Waals surface area contributed by atoms with Crippen LogP contribution in [0.4, 0.5) is 0 Å². The molecule has 0 bridgehead atoms. The van der Waals surface area contributed by atoms with Crippen LogP contribution in [0.1, 0.15) is 46.7 Å². The number of aromatic carboxylic acids is 1. The van der Waals surface area contributed by atoms with E-state index in [0.717, 1.165) is 19.3 Å². The second kappa shape index (κ2) is 5.83. The maximum atomic E-state index is 12.3. The molecule has 1 unspecified atom stereocenters. The Morgan fingerprint density at radius 3 is 3.00 bits per heavy atom. The first-order chi connectivity index (χ1) is 9.15. The summed E-state index contributed by atoms with van der Waals surface area (Å²) in [5.74, 6) is -1.54. The predicted octanol–water partition coefficient (Wildman–Crippen LogP) is 0.485. The van der Waals surface area contributed by atoms with Gasteiger partial charge in [-0.1, -0.05) is 0 Å². The van der Waals surface area contributed by atoms with E-state index in [1.54, 1.807) is 4.90 Å². The number of likely N-dealkylation sites (tertiary alicyclic amines) is 1. The quantitative estimate of drug-likeness (QED) is 0.719. The molecule has 19 heavy (non-hydrogen) atoms. The number of amides is 1. The highest BCUT2D eigenvalue weighted by molar-refractivity contribution is 6.02. The van der Waals surface area contributed by atoms with Crippen molar-refractivity contribution in [1.82, 2.24) is 14.9 Å². The van der Waals surface area contributed by atoms with E-state index < -0.39 is 5.97 Å². The molecule has 1 aromatic rings. The van der Waals surface area contributed by atoms with Crippen LogP contribution in [-0.2, 0) is 0 Å². The van der Waals surface area contributed by atoms with Crippen LogP contribution in [0.5, 0.6) is 0 Å². The number of aromatic amines is 1. The predicted molar refractivity (Wildman–Crippen MR) is 65.9 cm³/mol. The van der Waals surface area contributed by atoms with Gasteiger partial charge in [-0.3, -0.25) is 4.79 Å². The molecule has 0 radical (unpaired) electrons. The van der Waals surface area contributed by atoms with Gasteiger partial charge in [0.25, 0.3) is 5.91 Å². The minimum atomic E-state index is -1.19. The third-order valence-corrected chi connectivity index (χ3v) is 3.39. The Morgan fingerprint density at radius 2 is 2.32 bits per heavy atom. The van der Waals surface area contributed by atoms with Crippen molar-refractivity contribution in [2.24, 2.45) is 0 Å². The van der Waals surface area contributed by atoms with Crippen LogP contribution >= 0.6 is 0 Å². The molecule has 0 aliphatic carbocycles. The fourth-order valence-electron chi connectivity index (χ4n) is 2.49. The van der Waals surface area contributed by atoms with Gasteiger partial charge in [0.15, 0.2) is 11.4 Å². The van der Waals surface area contributed by atoms with Crippen molar-refractivity contribution in [2.75, 3.05) is 13.2 Å². The molecule has 1 saturated heterocycles. The monoisotopic (exact) mass is 267 g/mol. The van der Waals surface area contributed by atoms with Crippen molar-refractivity contribution >= 4 is 11.9 Å². The number of H-pyrrole nitrogens is 1. The molecule has 2 rings (SSSR count). The number of nitrogens with zero attached hydrogens (tertiary/aromatic N) is 2. The third kappa shape index (κ3) is 2.76. The van der Waals surface area contributed by atoms with Crippen molar-refractivity contribution in [2.45, 2.75) is 31.7 Å². The maximum absolute atomic E-state index is 12.3. The van der Waals surface area contributed by atoms with Crippen molar-refractivity contribution in [3.63, 3.8) is 0 Å². The van der Waals surface area contributed by atoms with Crippen molar-refractivity contribution in [3.8, 4) is 0 Å². The van der Waals surface area contributed by atoms with E-state index in [2.05, 4.69) is 9.97 Å². The van der Waals surface area contributed by atoms with Crippen LogP contribution in [0.25, 0.3) is 0 Å². The van der Waals surface area contributed by atoms with Crippen LogP contribution in [0.2, 0.25) is 0 Å². The summed E-state index contributed by atoms with van der Waals surface area (Å²) in [5.41, 5.74) is -0.207. The van der Waals surface area contributed by atoms with Gasteiger partial charge in [-0.05, 0) is 25.7 Å². The Labute approximate surface area is 110 Å². The van der Waals surface area contributed by atoms with Gasteiger partial charge in [-0.15, -0.1) is 0 Å². The highest BCUT2D eigenvalue weighted by Crippen LogP contribution is 2.23. The van der Waals surface area contributed by atoms with Gasteiger partial charge in [0.1, 0.15) is 0 Å². The van der Waals surface area contributed by atoms with Gasteiger partial charge >= 0.3 is 5.97 Å². The van der Waals surface area contributed by atoms with Crippen LogP contribution in [0.3, 0.4) is 0 Å². The number of hydrogen-bond acceptors (Lipinski definition) is 4. The standard InChI is InChI=1S/C12H17N3O4/c16-6-2-4-8-3-1-5-15(8)11(17)9-10(12(18)19)14-7-13-9/h7-8,16H,1-6H2,(H,13,14)(H,18,19). The Bertz CT molecular complexity index is 471. The number of carboxylic acids is 1. The van der Waals surface area contributed by atoms with Gasteiger partial charge < -0.3 is 20.1 Å². The van der Waals surface area contributed by atoms with E-state index in [9.17, 15) is 9.59 Å². The molecule has 2 heterocycles. The summed E-state index contributed by atoms with van der Waals surface area (Å²) in [5, 5.41) is 17.8. The molecule has 0 spiro atoms. The molecule has 1 amide bonds. The smallest absolute Gasteiger partial charge is 0.354 e. The fourth-order valence-corrected chi connectivity index (χ4v) is 2.49. The number of aliphatic hydroxyl groups excluding tert-OH is 1. The number of hydrogen-bond donors (Lipinski definition) is 3. The van der Waals surface area contributed by atoms with E-state index in [1.807, 2.05) is 0 Å². The summed E-state index contributed by atoms with van der Waals surface area (Å²) in [7, 11) is 0. The van der Waals surface area contributed by atoms with Gasteiger partial charge in [0.05, 0.1) is 6.33 Å². The molecular formula is C12H17N3O4. The second-order valence-electron chi connectivity index (χ2n) is 4.59. The summed E-state index contributed by atoms with van der Waals surface area (Å²) < 4.78 is 0. The zero-order valence-electron chi connectivity index (χ0n) is 10.5. The first kappa shape index (κ1) is 13.5. The fraction of sp³-hybridized carbons (Fsp3) is 0.583. The van der Waals surface area contributed by atoms with E-state index in [0.29, 0.717) is 13.0 Å². The highest BCUT2D eigenvalue weighted by atomic mass is 16.4. The summed E-state index contributed by atoms with van der Waals surface area (Å²) in [6, 6.07) is 0.0676. The van der Waals surface area contributed by atoms with Gasteiger partial charge in [-0.2, -0.15) is 0 Å². The number of aromatic nitrogens is 2. The average molecular weight is 267 g/mol. The lowest BCUT2D eigenvalue weighted by Gasteiger charge is -2.23. The zero-order valence-corrected chi connectivity index (χ0v) is 10.5. The Morgan fingerprint density at radius 1 is 1.53 bits per heavy atom. The first-order valence-electron chi connectivity index (χ1n) is 6.33. The molecular weight excluding hydrogens is 250 g/mol. The normalized spacial score (nSPS) is 18.8.